The number of benzene rings is 4. The Hall–Kier alpha value is -3.70. The van der Waals surface area contributed by atoms with Gasteiger partial charge in [0, 0.05) is 21.5 Å². The molecule has 0 aliphatic rings. The third-order valence-corrected chi connectivity index (χ3v) is 7.10. The van der Waals surface area contributed by atoms with E-state index in [-0.39, 0.29) is 33.9 Å². The van der Waals surface area contributed by atoms with Gasteiger partial charge < -0.3 is 15.2 Å². The van der Waals surface area contributed by atoms with Crippen LogP contribution in [-0.4, -0.2) is 31.1 Å². The van der Waals surface area contributed by atoms with Crippen molar-refractivity contribution in [1.29, 1.82) is 0 Å². The average molecular weight is 574 g/mol. The summed E-state index contributed by atoms with van der Waals surface area (Å²) in [5.74, 6) is -0.847. The molecule has 0 heterocycles. The number of hydrogen-bond acceptors (Lipinski definition) is 7. The van der Waals surface area contributed by atoms with Crippen molar-refractivity contribution in [3.8, 4) is 11.5 Å². The van der Waals surface area contributed by atoms with E-state index in [1.807, 2.05) is 0 Å². The monoisotopic (exact) mass is 573 g/mol. The first kappa shape index (κ1) is 27.3. The molecule has 1 amide bonds. The molecular formula is C26H21Cl2N3O6S. The molecule has 0 aromatic heterocycles. The van der Waals surface area contributed by atoms with Gasteiger partial charge in [0.25, 0.3) is 16.0 Å². The van der Waals surface area contributed by atoms with Crippen LogP contribution in [0.15, 0.2) is 75.8 Å². The number of phenolic OH excluding ortho intramolecular Hbond substituents is 1. The predicted octanol–water partition coefficient (Wildman–Crippen LogP) is 7.34. The highest BCUT2D eigenvalue weighted by molar-refractivity contribution is 7.86. The van der Waals surface area contributed by atoms with E-state index in [1.54, 1.807) is 43.3 Å². The van der Waals surface area contributed by atoms with Crippen molar-refractivity contribution >= 4 is 67.1 Å². The Bertz CT molecular complexity index is 1710. The van der Waals surface area contributed by atoms with Crippen molar-refractivity contribution in [1.82, 2.24) is 0 Å². The molecule has 0 radical (unpaired) electrons. The van der Waals surface area contributed by atoms with E-state index in [0.717, 1.165) is 0 Å². The number of fused-ring (bicyclic) bond motifs is 1. The van der Waals surface area contributed by atoms with Crippen LogP contribution < -0.4 is 10.1 Å². The highest BCUT2D eigenvalue weighted by Crippen LogP contribution is 2.41. The lowest BCUT2D eigenvalue weighted by Gasteiger charge is -2.13. The van der Waals surface area contributed by atoms with Crippen molar-refractivity contribution in [2.24, 2.45) is 10.2 Å². The molecule has 12 heteroatoms. The lowest BCUT2D eigenvalue weighted by Crippen LogP contribution is -2.13. The fourth-order valence-electron chi connectivity index (χ4n) is 3.92. The molecule has 0 saturated heterocycles. The van der Waals surface area contributed by atoms with Crippen LogP contribution in [-0.2, 0) is 16.5 Å². The van der Waals surface area contributed by atoms with E-state index in [0.29, 0.717) is 27.2 Å². The normalized spacial score (nSPS) is 11.7. The zero-order chi connectivity index (χ0) is 27.6. The number of nitrogens with zero attached hydrogens (tertiary/aromatic N) is 2. The minimum Gasteiger partial charge on any atom is -0.505 e. The molecule has 4 aromatic carbocycles. The second kappa shape index (κ2) is 11.0. The van der Waals surface area contributed by atoms with Crippen LogP contribution >= 0.6 is 23.2 Å². The zero-order valence-electron chi connectivity index (χ0n) is 20.1. The van der Waals surface area contributed by atoms with Gasteiger partial charge in [-0.1, -0.05) is 54.4 Å². The number of aromatic hydroxyl groups is 1. The van der Waals surface area contributed by atoms with Crippen LogP contribution in [0, 0.1) is 0 Å². The Morgan fingerprint density at radius 3 is 2.45 bits per heavy atom. The van der Waals surface area contributed by atoms with Crippen LogP contribution in [0.1, 0.15) is 22.8 Å². The number of ether oxygens (including phenoxy) is 1. The fourth-order valence-corrected chi connectivity index (χ4v) is 5.22. The Balaban J connectivity index is 1.86. The molecule has 38 heavy (non-hydrogen) atoms. The van der Waals surface area contributed by atoms with E-state index in [9.17, 15) is 22.9 Å². The van der Waals surface area contributed by atoms with Crippen molar-refractivity contribution in [3.05, 3.63) is 81.8 Å². The maximum atomic E-state index is 13.2. The van der Waals surface area contributed by atoms with E-state index in [1.165, 1.54) is 31.4 Å². The van der Waals surface area contributed by atoms with Crippen LogP contribution in [0.2, 0.25) is 10.0 Å². The van der Waals surface area contributed by atoms with Gasteiger partial charge in [0.1, 0.15) is 22.0 Å². The topological polar surface area (TPSA) is 138 Å². The molecule has 0 bridgehead atoms. The molecule has 196 valence electrons. The number of aryl methyl sites for hydroxylation is 1. The molecule has 0 saturated carbocycles. The molecule has 3 N–H and O–H groups in total. The molecular weight excluding hydrogens is 553 g/mol. The van der Waals surface area contributed by atoms with E-state index in [4.69, 9.17) is 27.9 Å². The number of phenols is 1. The maximum absolute atomic E-state index is 13.2. The van der Waals surface area contributed by atoms with Gasteiger partial charge in [0.15, 0.2) is 5.75 Å². The van der Waals surface area contributed by atoms with E-state index in [2.05, 4.69) is 15.5 Å². The number of anilines is 1. The Morgan fingerprint density at radius 1 is 1.03 bits per heavy atom. The summed E-state index contributed by atoms with van der Waals surface area (Å²) in [5, 5.41) is 23.5. The van der Waals surface area contributed by atoms with Crippen LogP contribution in [0.3, 0.4) is 0 Å². The number of azo groups is 1. The molecule has 4 aromatic rings. The van der Waals surface area contributed by atoms with Gasteiger partial charge in [-0.05, 0) is 47.7 Å². The highest BCUT2D eigenvalue weighted by Gasteiger charge is 2.23. The largest absolute Gasteiger partial charge is 0.505 e. The molecule has 0 atom stereocenters. The van der Waals surface area contributed by atoms with Gasteiger partial charge in [-0.2, -0.15) is 8.42 Å². The predicted molar refractivity (Wildman–Crippen MR) is 146 cm³/mol. The number of halogens is 2. The van der Waals surface area contributed by atoms with Gasteiger partial charge in [0.2, 0.25) is 0 Å². The average Bonchev–Trinajstić information content (AvgIpc) is 2.87. The summed E-state index contributed by atoms with van der Waals surface area (Å²) >= 11 is 12.1. The van der Waals surface area contributed by atoms with Crippen molar-refractivity contribution in [2.45, 2.75) is 18.2 Å². The van der Waals surface area contributed by atoms with Gasteiger partial charge >= 0.3 is 0 Å². The minimum absolute atomic E-state index is 0.0874. The second-order valence-electron chi connectivity index (χ2n) is 8.08. The lowest BCUT2D eigenvalue weighted by atomic mass is 10.0. The van der Waals surface area contributed by atoms with Crippen LogP contribution in [0.4, 0.5) is 17.1 Å². The smallest absolute Gasteiger partial charge is 0.297 e. The van der Waals surface area contributed by atoms with Gasteiger partial charge in [-0.25, -0.2) is 0 Å². The quantitative estimate of drug-likeness (QED) is 0.156. The third kappa shape index (κ3) is 5.58. The number of methoxy groups -OCH3 is 1. The summed E-state index contributed by atoms with van der Waals surface area (Å²) in [5.41, 5.74) is 0.135. The number of hydrogen-bond donors (Lipinski definition) is 3. The number of carbonyl (C=O) groups excluding carboxylic acids is 1. The minimum atomic E-state index is -4.68. The van der Waals surface area contributed by atoms with Crippen LogP contribution in [0.25, 0.3) is 10.8 Å². The molecule has 0 fully saturated rings. The second-order valence-corrected chi connectivity index (χ2v) is 10.3. The Morgan fingerprint density at radius 2 is 1.76 bits per heavy atom. The lowest BCUT2D eigenvalue weighted by molar-refractivity contribution is 0.102. The SMILES string of the molecule is CCc1cc(Cl)cc(N=Nc2c(O)c(C(=O)Nc3ccc(Cl)cc3OC)cc3ccccc23)c1S(=O)(=O)O. The molecule has 9 nitrogen and oxygen atoms in total. The first-order valence-electron chi connectivity index (χ1n) is 11.1. The first-order valence-corrected chi connectivity index (χ1v) is 13.3. The Kier molecular flexibility index (Phi) is 7.89. The van der Waals surface area contributed by atoms with Crippen LogP contribution in [0.5, 0.6) is 11.5 Å². The van der Waals surface area contributed by atoms with Crippen molar-refractivity contribution in [3.63, 3.8) is 0 Å². The standard InChI is InChI=1S/C26H21Cl2N3O6S/c1-3-14-10-17(28)12-21(25(14)38(34,35)36)30-31-23-18-7-5-4-6-15(18)11-19(24(23)32)26(33)29-20-9-8-16(27)13-22(20)37-2/h4-13,32H,3H2,1-2H3,(H,29,33)(H,34,35,36). The number of rotatable bonds is 7. The molecule has 0 aliphatic heterocycles. The number of nitrogens with one attached hydrogen (secondary N) is 1. The fraction of sp³-hybridized carbons (Fsp3) is 0.115. The summed E-state index contributed by atoms with van der Waals surface area (Å²) < 4.78 is 39.3. The highest BCUT2D eigenvalue weighted by atomic mass is 35.5. The zero-order valence-corrected chi connectivity index (χ0v) is 22.4. The number of carbonyl (C=O) groups is 1. The van der Waals surface area contributed by atoms with E-state index >= 15 is 0 Å². The first-order chi connectivity index (χ1) is 18.0. The van der Waals surface area contributed by atoms with Gasteiger partial charge in [-0.3, -0.25) is 9.35 Å². The van der Waals surface area contributed by atoms with Gasteiger partial charge in [0.05, 0.1) is 18.4 Å². The van der Waals surface area contributed by atoms with Gasteiger partial charge in [-0.15, -0.1) is 10.2 Å². The molecule has 4 rings (SSSR count). The van der Waals surface area contributed by atoms with E-state index < -0.39 is 26.7 Å². The summed E-state index contributed by atoms with van der Waals surface area (Å²) in [7, 11) is -3.25. The summed E-state index contributed by atoms with van der Waals surface area (Å²) in [6.45, 7) is 1.69. The van der Waals surface area contributed by atoms with Crippen molar-refractivity contribution < 1.29 is 27.6 Å². The number of amides is 1. The molecule has 0 spiro atoms. The maximum Gasteiger partial charge on any atom is 0.297 e. The third-order valence-electron chi connectivity index (χ3n) is 5.66. The Labute approximate surface area is 228 Å². The molecule has 0 aliphatic carbocycles. The summed E-state index contributed by atoms with van der Waals surface area (Å²) in [6.07, 6.45) is 0.246. The summed E-state index contributed by atoms with van der Waals surface area (Å²) in [4.78, 5) is 12.8. The van der Waals surface area contributed by atoms with Crippen molar-refractivity contribution in [2.75, 3.05) is 12.4 Å². The molecule has 0 unspecified atom stereocenters. The summed E-state index contributed by atoms with van der Waals surface area (Å²) in [6, 6.07) is 15.6.